The van der Waals surface area contributed by atoms with Gasteiger partial charge in [-0.05, 0) is 44.4 Å². The lowest BCUT2D eigenvalue weighted by molar-refractivity contribution is -0.0120. The van der Waals surface area contributed by atoms with Gasteiger partial charge in [-0.25, -0.2) is 0 Å². The van der Waals surface area contributed by atoms with Crippen LogP contribution in [0.3, 0.4) is 0 Å². The van der Waals surface area contributed by atoms with Gasteiger partial charge in [-0.1, -0.05) is 6.07 Å². The molecular formula is C15H23NO3. The molecular weight excluding hydrogens is 242 g/mol. The van der Waals surface area contributed by atoms with Crippen LogP contribution in [0.4, 0.5) is 0 Å². The van der Waals surface area contributed by atoms with Crippen LogP contribution in [0.1, 0.15) is 38.3 Å². The second-order valence-electron chi connectivity index (χ2n) is 5.07. The minimum atomic E-state index is 0.179. The van der Waals surface area contributed by atoms with Crippen LogP contribution in [0.2, 0.25) is 0 Å². The maximum Gasteiger partial charge on any atom is 0.160 e. The molecule has 4 heteroatoms. The molecule has 4 nitrogen and oxygen atoms in total. The van der Waals surface area contributed by atoms with Gasteiger partial charge in [0.2, 0.25) is 0 Å². The van der Waals surface area contributed by atoms with Crippen LogP contribution in [0.5, 0.6) is 11.5 Å². The SMILES string of the molecule is CCOC1CC(NC(C)c2ccc(O)c(OC)c2)C1. The van der Waals surface area contributed by atoms with Crippen LogP contribution in [0.15, 0.2) is 18.2 Å². The molecule has 19 heavy (non-hydrogen) atoms. The van der Waals surface area contributed by atoms with E-state index < -0.39 is 0 Å². The van der Waals surface area contributed by atoms with Crippen molar-refractivity contribution in [1.29, 1.82) is 0 Å². The van der Waals surface area contributed by atoms with Gasteiger partial charge in [-0.2, -0.15) is 0 Å². The van der Waals surface area contributed by atoms with E-state index in [-0.39, 0.29) is 11.8 Å². The molecule has 0 bridgehead atoms. The van der Waals surface area contributed by atoms with Crippen molar-refractivity contribution in [2.24, 2.45) is 0 Å². The Morgan fingerprint density at radius 1 is 1.42 bits per heavy atom. The molecule has 2 N–H and O–H groups in total. The van der Waals surface area contributed by atoms with Gasteiger partial charge in [0.1, 0.15) is 0 Å². The Morgan fingerprint density at radius 3 is 2.79 bits per heavy atom. The van der Waals surface area contributed by atoms with Crippen molar-refractivity contribution in [1.82, 2.24) is 5.32 Å². The van der Waals surface area contributed by atoms with Gasteiger partial charge in [0.05, 0.1) is 13.2 Å². The predicted molar refractivity (Wildman–Crippen MR) is 74.6 cm³/mol. The fourth-order valence-electron chi connectivity index (χ4n) is 2.49. The van der Waals surface area contributed by atoms with Gasteiger partial charge in [0.15, 0.2) is 11.5 Å². The molecule has 1 aliphatic rings. The first-order valence-electron chi connectivity index (χ1n) is 6.88. The summed E-state index contributed by atoms with van der Waals surface area (Å²) in [6, 6.07) is 6.24. The van der Waals surface area contributed by atoms with E-state index in [1.165, 1.54) is 0 Å². The molecule has 1 aliphatic carbocycles. The number of hydrogen-bond acceptors (Lipinski definition) is 4. The van der Waals surface area contributed by atoms with Crippen molar-refractivity contribution in [2.45, 2.75) is 44.9 Å². The van der Waals surface area contributed by atoms with Gasteiger partial charge in [-0.3, -0.25) is 0 Å². The Kier molecular flexibility index (Phi) is 4.66. The molecule has 2 rings (SSSR count). The maximum atomic E-state index is 9.59. The van der Waals surface area contributed by atoms with Crippen molar-refractivity contribution in [3.05, 3.63) is 23.8 Å². The van der Waals surface area contributed by atoms with Gasteiger partial charge < -0.3 is 19.9 Å². The average Bonchev–Trinajstić information content (AvgIpc) is 2.36. The lowest BCUT2D eigenvalue weighted by Gasteiger charge is -2.37. The summed E-state index contributed by atoms with van der Waals surface area (Å²) in [5.41, 5.74) is 1.12. The van der Waals surface area contributed by atoms with E-state index >= 15 is 0 Å². The summed E-state index contributed by atoms with van der Waals surface area (Å²) in [4.78, 5) is 0. The van der Waals surface area contributed by atoms with Crippen LogP contribution < -0.4 is 10.1 Å². The van der Waals surface area contributed by atoms with Crippen molar-refractivity contribution in [3.8, 4) is 11.5 Å². The minimum absolute atomic E-state index is 0.179. The number of rotatable bonds is 6. The molecule has 0 aliphatic heterocycles. The van der Waals surface area contributed by atoms with E-state index in [1.54, 1.807) is 13.2 Å². The number of ether oxygens (including phenoxy) is 2. The molecule has 1 atom stereocenters. The molecule has 1 fully saturated rings. The Labute approximate surface area is 114 Å². The molecule has 0 radical (unpaired) electrons. The predicted octanol–water partition coefficient (Wildman–Crippen LogP) is 2.62. The fourth-order valence-corrected chi connectivity index (χ4v) is 2.49. The number of phenols is 1. The zero-order valence-electron chi connectivity index (χ0n) is 11.8. The third-order valence-electron chi connectivity index (χ3n) is 3.69. The lowest BCUT2D eigenvalue weighted by Crippen LogP contribution is -2.46. The Bertz CT molecular complexity index is 416. The van der Waals surface area contributed by atoms with Crippen LogP contribution in [-0.2, 0) is 4.74 Å². The summed E-state index contributed by atoms with van der Waals surface area (Å²) in [7, 11) is 1.57. The van der Waals surface area contributed by atoms with Crippen LogP contribution in [0, 0.1) is 0 Å². The topological polar surface area (TPSA) is 50.7 Å². The number of benzene rings is 1. The number of phenolic OH excluding ortho intramolecular Hbond substituents is 1. The molecule has 1 saturated carbocycles. The Hall–Kier alpha value is -1.26. The first-order chi connectivity index (χ1) is 9.13. The third kappa shape index (κ3) is 3.39. The summed E-state index contributed by atoms with van der Waals surface area (Å²) in [6.45, 7) is 4.95. The molecule has 1 aromatic carbocycles. The third-order valence-corrected chi connectivity index (χ3v) is 3.69. The highest BCUT2D eigenvalue weighted by molar-refractivity contribution is 5.42. The number of methoxy groups -OCH3 is 1. The van der Waals surface area contributed by atoms with Gasteiger partial charge in [-0.15, -0.1) is 0 Å². The van der Waals surface area contributed by atoms with Crippen molar-refractivity contribution < 1.29 is 14.6 Å². The summed E-state index contributed by atoms with van der Waals surface area (Å²) in [5, 5.41) is 13.2. The molecule has 0 amide bonds. The van der Waals surface area contributed by atoms with E-state index in [0.717, 1.165) is 25.0 Å². The quantitative estimate of drug-likeness (QED) is 0.830. The normalized spacial score (nSPS) is 23.7. The van der Waals surface area contributed by atoms with Gasteiger partial charge in [0, 0.05) is 18.7 Å². The van der Waals surface area contributed by atoms with E-state index in [4.69, 9.17) is 9.47 Å². The smallest absolute Gasteiger partial charge is 0.160 e. The van der Waals surface area contributed by atoms with Crippen LogP contribution in [-0.4, -0.2) is 31.0 Å². The maximum absolute atomic E-state index is 9.59. The summed E-state index contributed by atoms with van der Waals surface area (Å²) in [5.74, 6) is 0.699. The highest BCUT2D eigenvalue weighted by Gasteiger charge is 2.30. The monoisotopic (exact) mass is 265 g/mol. The summed E-state index contributed by atoms with van der Waals surface area (Å²) in [6.07, 6.45) is 2.57. The number of hydrogen-bond donors (Lipinski definition) is 2. The Balaban J connectivity index is 1.88. The molecule has 0 spiro atoms. The van der Waals surface area contributed by atoms with Crippen LogP contribution in [0.25, 0.3) is 0 Å². The van der Waals surface area contributed by atoms with Crippen molar-refractivity contribution in [2.75, 3.05) is 13.7 Å². The van der Waals surface area contributed by atoms with Crippen molar-refractivity contribution >= 4 is 0 Å². The zero-order valence-corrected chi connectivity index (χ0v) is 11.8. The fraction of sp³-hybridized carbons (Fsp3) is 0.600. The molecule has 106 valence electrons. The average molecular weight is 265 g/mol. The highest BCUT2D eigenvalue weighted by Crippen LogP contribution is 2.30. The summed E-state index contributed by atoms with van der Waals surface area (Å²) >= 11 is 0. The van der Waals surface area contributed by atoms with E-state index in [9.17, 15) is 5.11 Å². The largest absolute Gasteiger partial charge is 0.504 e. The minimum Gasteiger partial charge on any atom is -0.504 e. The highest BCUT2D eigenvalue weighted by atomic mass is 16.5. The second-order valence-corrected chi connectivity index (χ2v) is 5.07. The second kappa shape index (κ2) is 6.26. The van der Waals surface area contributed by atoms with E-state index in [2.05, 4.69) is 12.2 Å². The Morgan fingerprint density at radius 2 is 2.16 bits per heavy atom. The molecule has 1 aromatic rings. The molecule has 0 heterocycles. The first-order valence-corrected chi connectivity index (χ1v) is 6.88. The number of aromatic hydroxyl groups is 1. The van der Waals surface area contributed by atoms with E-state index in [1.807, 2.05) is 19.1 Å². The standard InChI is InChI=1S/C15H23NO3/c1-4-19-13-8-12(9-13)16-10(2)11-5-6-14(17)15(7-11)18-3/h5-7,10,12-13,16-17H,4,8-9H2,1-3H3. The zero-order chi connectivity index (χ0) is 13.8. The lowest BCUT2D eigenvalue weighted by atomic mass is 9.88. The summed E-state index contributed by atoms with van der Waals surface area (Å²) < 4.78 is 10.7. The van der Waals surface area contributed by atoms with Gasteiger partial charge in [0.25, 0.3) is 0 Å². The van der Waals surface area contributed by atoms with Crippen LogP contribution >= 0.6 is 0 Å². The molecule has 1 unspecified atom stereocenters. The van der Waals surface area contributed by atoms with E-state index in [0.29, 0.717) is 17.9 Å². The number of nitrogens with one attached hydrogen (secondary N) is 1. The van der Waals surface area contributed by atoms with Crippen molar-refractivity contribution in [3.63, 3.8) is 0 Å². The molecule has 0 saturated heterocycles. The first kappa shape index (κ1) is 14.2. The molecule has 0 aromatic heterocycles. The van der Waals surface area contributed by atoms with Gasteiger partial charge >= 0.3 is 0 Å².